The third kappa shape index (κ3) is 7.84. The van der Waals surface area contributed by atoms with Crippen LogP contribution in [0.5, 0.6) is 0 Å². The highest BCUT2D eigenvalue weighted by Gasteiger charge is 2.26. The second-order valence-electron chi connectivity index (χ2n) is 6.78. The monoisotopic (exact) mass is 575 g/mol. The minimum atomic E-state index is -1.36. The summed E-state index contributed by atoms with van der Waals surface area (Å²) in [5.41, 5.74) is 0.276. The number of aliphatic hydroxyl groups is 1. The first-order valence-corrected chi connectivity index (χ1v) is 11.0. The van der Waals surface area contributed by atoms with Gasteiger partial charge in [-0.1, -0.05) is 24.3 Å². The van der Waals surface area contributed by atoms with Crippen molar-refractivity contribution in [2.75, 3.05) is 27.1 Å². The average Bonchev–Trinajstić information content (AvgIpc) is 2.79. The van der Waals surface area contributed by atoms with E-state index in [1.54, 1.807) is 47.7 Å². The van der Waals surface area contributed by atoms with Crippen LogP contribution in [0.15, 0.2) is 48.2 Å². The van der Waals surface area contributed by atoms with Crippen LogP contribution < -0.4 is 5.32 Å². The smallest absolute Gasteiger partial charge is 0.343 e. The Morgan fingerprint density at radius 3 is 2.70 bits per heavy atom. The summed E-state index contributed by atoms with van der Waals surface area (Å²) in [4.78, 5) is 25.1. The van der Waals surface area contributed by atoms with Gasteiger partial charge in [-0.25, -0.2) is 13.6 Å². The molecule has 2 N–H and O–H groups in total. The van der Waals surface area contributed by atoms with Gasteiger partial charge in [-0.3, -0.25) is 4.79 Å². The SMILES string of the molecule is CCOC(=O)/C(=C\NCC(O)c1cccc(COCOC)c1)C(=O)c1cc(I)cc(F)c1F. The average molecular weight is 575 g/mol. The quantitative estimate of drug-likeness (QED) is 0.0460. The van der Waals surface area contributed by atoms with Gasteiger partial charge in [0.15, 0.2) is 11.6 Å². The highest BCUT2D eigenvalue weighted by Crippen LogP contribution is 2.20. The Hall–Kier alpha value is -2.41. The van der Waals surface area contributed by atoms with Gasteiger partial charge in [0.2, 0.25) is 5.78 Å². The number of ether oxygens (including phenoxy) is 3. The van der Waals surface area contributed by atoms with E-state index in [1.165, 1.54) is 7.11 Å². The second-order valence-corrected chi connectivity index (χ2v) is 8.03. The number of methoxy groups -OCH3 is 1. The number of carbonyl (C=O) groups is 2. The standard InChI is InChI=1S/C23H24F2INO6/c1-3-33-23(30)18(22(29)17-8-16(26)9-19(24)21(17)25)10-27-11-20(28)15-6-4-5-14(7-15)12-32-13-31-2/h4-10,20,27-28H,3,11-13H2,1-2H3/b18-10-. The summed E-state index contributed by atoms with van der Waals surface area (Å²) in [5.74, 6) is -4.60. The number of aliphatic hydroxyl groups excluding tert-OH is 1. The molecule has 1 atom stereocenters. The lowest BCUT2D eigenvalue weighted by Gasteiger charge is -2.14. The van der Waals surface area contributed by atoms with Crippen molar-refractivity contribution >= 4 is 34.3 Å². The summed E-state index contributed by atoms with van der Waals surface area (Å²) in [7, 11) is 1.51. The molecule has 2 aromatic carbocycles. The number of esters is 1. The largest absolute Gasteiger partial charge is 0.462 e. The lowest BCUT2D eigenvalue weighted by molar-refractivity contribution is -0.138. The zero-order chi connectivity index (χ0) is 24.4. The van der Waals surface area contributed by atoms with Crippen LogP contribution in [0.2, 0.25) is 0 Å². The van der Waals surface area contributed by atoms with Crippen LogP contribution in [0.25, 0.3) is 0 Å². The first-order chi connectivity index (χ1) is 15.8. The Balaban J connectivity index is 2.17. The fraction of sp³-hybridized carbons (Fsp3) is 0.304. The van der Waals surface area contributed by atoms with Crippen LogP contribution in [-0.2, 0) is 25.6 Å². The molecule has 0 aliphatic heterocycles. The van der Waals surface area contributed by atoms with Gasteiger partial charge in [0.1, 0.15) is 12.4 Å². The zero-order valence-corrected chi connectivity index (χ0v) is 20.2. The van der Waals surface area contributed by atoms with Crippen molar-refractivity contribution in [2.45, 2.75) is 19.6 Å². The Morgan fingerprint density at radius 2 is 2.00 bits per heavy atom. The number of Topliss-reactive ketones (excluding diaryl/α,β-unsaturated/α-hetero) is 1. The van der Waals surface area contributed by atoms with E-state index in [2.05, 4.69) is 5.32 Å². The van der Waals surface area contributed by atoms with Crippen molar-refractivity contribution in [1.82, 2.24) is 5.32 Å². The number of hydrogen-bond acceptors (Lipinski definition) is 7. The van der Waals surface area contributed by atoms with Crippen molar-refractivity contribution < 1.29 is 37.7 Å². The van der Waals surface area contributed by atoms with Gasteiger partial charge in [0, 0.05) is 23.4 Å². The molecule has 0 aliphatic carbocycles. The van der Waals surface area contributed by atoms with Crippen LogP contribution in [-0.4, -0.2) is 43.9 Å². The molecular weight excluding hydrogens is 551 g/mol. The van der Waals surface area contributed by atoms with Crippen LogP contribution in [0.4, 0.5) is 8.78 Å². The molecule has 0 spiro atoms. The molecule has 0 bridgehead atoms. The van der Waals surface area contributed by atoms with E-state index in [1.807, 2.05) is 6.07 Å². The van der Waals surface area contributed by atoms with E-state index in [0.29, 0.717) is 12.2 Å². The Morgan fingerprint density at radius 1 is 1.24 bits per heavy atom. The zero-order valence-electron chi connectivity index (χ0n) is 18.1. The van der Waals surface area contributed by atoms with Gasteiger partial charge in [-0.15, -0.1) is 0 Å². The van der Waals surface area contributed by atoms with E-state index in [0.717, 1.165) is 23.9 Å². The Kier molecular flexibility index (Phi) is 10.8. The molecule has 1 unspecified atom stereocenters. The molecule has 33 heavy (non-hydrogen) atoms. The molecule has 0 fully saturated rings. The van der Waals surface area contributed by atoms with Gasteiger partial charge in [-0.05, 0) is 52.8 Å². The molecule has 0 aromatic heterocycles. The summed E-state index contributed by atoms with van der Waals surface area (Å²) < 4.78 is 43.2. The van der Waals surface area contributed by atoms with Crippen molar-refractivity contribution in [1.29, 1.82) is 0 Å². The van der Waals surface area contributed by atoms with Crippen LogP contribution in [0.3, 0.4) is 0 Å². The highest BCUT2D eigenvalue weighted by atomic mass is 127. The third-order valence-electron chi connectivity index (χ3n) is 4.34. The number of carbonyl (C=O) groups excluding carboxylic acids is 2. The van der Waals surface area contributed by atoms with Gasteiger partial charge < -0.3 is 24.6 Å². The van der Waals surface area contributed by atoms with Gasteiger partial charge >= 0.3 is 5.97 Å². The number of hydrogen-bond donors (Lipinski definition) is 2. The number of halogens is 3. The van der Waals surface area contributed by atoms with E-state index in [4.69, 9.17) is 14.2 Å². The van der Waals surface area contributed by atoms with Gasteiger partial charge in [0.25, 0.3) is 0 Å². The van der Waals surface area contributed by atoms with E-state index in [9.17, 15) is 23.5 Å². The van der Waals surface area contributed by atoms with Crippen LogP contribution >= 0.6 is 22.6 Å². The van der Waals surface area contributed by atoms with E-state index in [-0.39, 0.29) is 23.5 Å². The first kappa shape index (κ1) is 26.8. The van der Waals surface area contributed by atoms with Gasteiger partial charge in [0.05, 0.1) is 24.9 Å². The van der Waals surface area contributed by atoms with Crippen molar-refractivity contribution in [3.8, 4) is 0 Å². The molecule has 0 amide bonds. The molecule has 7 nitrogen and oxygen atoms in total. The topological polar surface area (TPSA) is 94.1 Å². The van der Waals surface area contributed by atoms with E-state index >= 15 is 0 Å². The predicted molar refractivity (Wildman–Crippen MR) is 124 cm³/mol. The third-order valence-corrected chi connectivity index (χ3v) is 4.96. The van der Waals surface area contributed by atoms with Crippen molar-refractivity contribution in [3.63, 3.8) is 0 Å². The Labute approximate surface area is 203 Å². The molecule has 178 valence electrons. The molecule has 10 heteroatoms. The summed E-state index contributed by atoms with van der Waals surface area (Å²) >= 11 is 1.74. The highest BCUT2D eigenvalue weighted by molar-refractivity contribution is 14.1. The summed E-state index contributed by atoms with van der Waals surface area (Å²) in [6, 6.07) is 9.10. The predicted octanol–water partition coefficient (Wildman–Crippen LogP) is 3.64. The molecule has 0 saturated carbocycles. The van der Waals surface area contributed by atoms with Gasteiger partial charge in [-0.2, -0.15) is 0 Å². The molecular formula is C23H24F2INO6. The fourth-order valence-corrected chi connectivity index (χ4v) is 3.40. The fourth-order valence-electron chi connectivity index (χ4n) is 2.82. The second kappa shape index (κ2) is 13.3. The normalized spacial score (nSPS) is 12.4. The molecule has 0 radical (unpaired) electrons. The minimum Gasteiger partial charge on any atom is -0.462 e. The number of nitrogens with one attached hydrogen (secondary N) is 1. The lowest BCUT2D eigenvalue weighted by Crippen LogP contribution is -2.23. The number of ketones is 1. The maximum atomic E-state index is 14.2. The molecule has 0 heterocycles. The molecule has 2 rings (SSSR count). The first-order valence-electron chi connectivity index (χ1n) is 9.92. The van der Waals surface area contributed by atoms with E-state index < -0.39 is 40.6 Å². The van der Waals surface area contributed by atoms with Crippen LogP contribution in [0.1, 0.15) is 34.5 Å². The molecule has 0 saturated heterocycles. The minimum absolute atomic E-state index is 0.0207. The Bertz CT molecular complexity index is 1010. The summed E-state index contributed by atoms with van der Waals surface area (Å²) in [6.07, 6.45) is 0.0424. The summed E-state index contributed by atoms with van der Waals surface area (Å²) in [6.45, 7) is 1.89. The van der Waals surface area contributed by atoms with Crippen molar-refractivity contribution in [3.05, 3.63) is 80.1 Å². The molecule has 2 aromatic rings. The lowest BCUT2D eigenvalue weighted by atomic mass is 10.0. The van der Waals surface area contributed by atoms with Crippen molar-refractivity contribution in [2.24, 2.45) is 0 Å². The maximum absolute atomic E-state index is 14.2. The molecule has 0 aliphatic rings. The maximum Gasteiger partial charge on any atom is 0.343 e. The summed E-state index contributed by atoms with van der Waals surface area (Å²) in [5, 5.41) is 13.2. The van der Waals surface area contributed by atoms with Crippen LogP contribution in [0, 0.1) is 15.2 Å². The number of benzene rings is 2. The number of rotatable bonds is 12.